The lowest BCUT2D eigenvalue weighted by atomic mass is 10.2. The van der Waals surface area contributed by atoms with Crippen molar-refractivity contribution >= 4 is 33.4 Å². The van der Waals surface area contributed by atoms with Gasteiger partial charge < -0.3 is 4.74 Å². The molecule has 2 heterocycles. The molecular weight excluding hydrogens is 466 g/mol. The molecule has 0 fully saturated rings. The first kappa shape index (κ1) is 22.9. The molecular formula is C23H20ClN3O5S. The number of ether oxygens (including phenoxy) is 1. The molecule has 0 unspecified atom stereocenters. The average molecular weight is 486 g/mol. The van der Waals surface area contributed by atoms with Crippen LogP contribution in [0, 0.1) is 0 Å². The van der Waals surface area contributed by atoms with Crippen LogP contribution in [0.25, 0.3) is 0 Å². The van der Waals surface area contributed by atoms with Crippen LogP contribution >= 0.6 is 11.6 Å². The molecule has 2 amide bonds. The maximum Gasteiger partial charge on any atom is 0.280 e. The molecule has 8 nitrogen and oxygen atoms in total. The van der Waals surface area contributed by atoms with Crippen LogP contribution in [0.15, 0.2) is 65.7 Å². The number of methoxy groups -OCH3 is 1. The summed E-state index contributed by atoms with van der Waals surface area (Å²) < 4.78 is 33.8. The second-order valence-corrected chi connectivity index (χ2v) is 9.53. The Hall–Kier alpha value is -3.27. The van der Waals surface area contributed by atoms with E-state index in [-0.39, 0.29) is 35.0 Å². The summed E-state index contributed by atoms with van der Waals surface area (Å²) in [6.07, 6.45) is 1.92. The number of nitrogens with zero attached hydrogens (tertiary/aromatic N) is 2. The van der Waals surface area contributed by atoms with Gasteiger partial charge in [0.15, 0.2) is 0 Å². The molecule has 0 saturated heterocycles. The van der Waals surface area contributed by atoms with Crippen LogP contribution in [-0.2, 0) is 23.0 Å². The topological polar surface area (TPSA) is 106 Å². The number of nitrogens with one attached hydrogen (secondary N) is 1. The SMILES string of the molecule is COc1ccc(CN2C(=O)c3cccnc3C2=O)cc1S(=O)(=O)NCCc1ccc(Cl)cc1. The van der Waals surface area contributed by atoms with E-state index in [9.17, 15) is 18.0 Å². The molecule has 1 aromatic heterocycles. The maximum absolute atomic E-state index is 13.0. The van der Waals surface area contributed by atoms with Gasteiger partial charge in [-0.2, -0.15) is 0 Å². The van der Waals surface area contributed by atoms with Gasteiger partial charge in [0.2, 0.25) is 10.0 Å². The third-order valence-corrected chi connectivity index (χ3v) is 6.94. The normalized spacial score (nSPS) is 13.3. The molecule has 0 saturated carbocycles. The summed E-state index contributed by atoms with van der Waals surface area (Å²) in [4.78, 5) is 30.2. The predicted molar refractivity (Wildman–Crippen MR) is 122 cm³/mol. The first-order chi connectivity index (χ1) is 15.8. The highest BCUT2D eigenvalue weighted by Gasteiger charge is 2.36. The van der Waals surface area contributed by atoms with E-state index in [0.29, 0.717) is 17.0 Å². The highest BCUT2D eigenvalue weighted by Crippen LogP contribution is 2.28. The molecule has 0 radical (unpaired) electrons. The van der Waals surface area contributed by atoms with Crippen molar-refractivity contribution in [2.45, 2.75) is 17.9 Å². The van der Waals surface area contributed by atoms with Gasteiger partial charge in [0.1, 0.15) is 16.3 Å². The molecule has 4 rings (SSSR count). The quantitative estimate of drug-likeness (QED) is 0.491. The van der Waals surface area contributed by atoms with Crippen LogP contribution in [0.1, 0.15) is 32.0 Å². The fraction of sp³-hybridized carbons (Fsp3) is 0.174. The molecule has 0 bridgehead atoms. The van der Waals surface area contributed by atoms with Crippen LogP contribution in [0.4, 0.5) is 0 Å². The van der Waals surface area contributed by atoms with Crippen molar-refractivity contribution in [1.29, 1.82) is 0 Å². The number of imide groups is 1. The number of benzene rings is 2. The lowest BCUT2D eigenvalue weighted by Gasteiger charge is -2.16. The third-order valence-electron chi connectivity index (χ3n) is 5.21. The summed E-state index contributed by atoms with van der Waals surface area (Å²) in [7, 11) is -2.55. The van der Waals surface area contributed by atoms with E-state index in [4.69, 9.17) is 16.3 Å². The van der Waals surface area contributed by atoms with E-state index in [1.54, 1.807) is 24.3 Å². The Kier molecular flexibility index (Phi) is 6.46. The molecule has 10 heteroatoms. The number of amides is 2. The van der Waals surface area contributed by atoms with Gasteiger partial charge in [0.05, 0.1) is 19.2 Å². The average Bonchev–Trinajstić information content (AvgIpc) is 3.05. The molecule has 33 heavy (non-hydrogen) atoms. The second kappa shape index (κ2) is 9.30. The van der Waals surface area contributed by atoms with Crippen molar-refractivity contribution in [2.75, 3.05) is 13.7 Å². The van der Waals surface area contributed by atoms with E-state index >= 15 is 0 Å². The Bertz CT molecular complexity index is 1290. The smallest absolute Gasteiger partial charge is 0.280 e. The minimum Gasteiger partial charge on any atom is -0.495 e. The second-order valence-electron chi connectivity index (χ2n) is 7.36. The number of rotatable bonds is 8. The van der Waals surface area contributed by atoms with E-state index in [2.05, 4.69) is 9.71 Å². The van der Waals surface area contributed by atoms with Crippen LogP contribution in [-0.4, -0.2) is 43.8 Å². The number of carbonyl (C=O) groups is 2. The van der Waals surface area contributed by atoms with Gasteiger partial charge in [0.25, 0.3) is 11.8 Å². The minimum absolute atomic E-state index is 0.0756. The molecule has 3 aromatic rings. The first-order valence-electron chi connectivity index (χ1n) is 10.0. The van der Waals surface area contributed by atoms with Gasteiger partial charge in [-0.15, -0.1) is 0 Å². The largest absolute Gasteiger partial charge is 0.495 e. The molecule has 2 aromatic carbocycles. The lowest BCUT2D eigenvalue weighted by Crippen LogP contribution is -2.30. The molecule has 0 spiro atoms. The number of carbonyl (C=O) groups excluding carboxylic acids is 2. The van der Waals surface area contributed by atoms with E-state index < -0.39 is 21.8 Å². The van der Waals surface area contributed by atoms with Gasteiger partial charge in [-0.3, -0.25) is 19.5 Å². The zero-order valence-corrected chi connectivity index (χ0v) is 19.2. The van der Waals surface area contributed by atoms with E-state index in [1.807, 2.05) is 12.1 Å². The Morgan fingerprint density at radius 3 is 2.45 bits per heavy atom. The lowest BCUT2D eigenvalue weighted by molar-refractivity contribution is 0.0640. The molecule has 1 aliphatic heterocycles. The Morgan fingerprint density at radius 1 is 1.03 bits per heavy atom. The van der Waals surface area contributed by atoms with Crippen molar-refractivity contribution in [2.24, 2.45) is 0 Å². The van der Waals surface area contributed by atoms with Crippen LogP contribution < -0.4 is 9.46 Å². The van der Waals surface area contributed by atoms with Gasteiger partial charge >= 0.3 is 0 Å². The van der Waals surface area contributed by atoms with Crippen molar-refractivity contribution in [3.63, 3.8) is 0 Å². The zero-order chi connectivity index (χ0) is 23.6. The van der Waals surface area contributed by atoms with Crippen LogP contribution in [0.5, 0.6) is 5.75 Å². The first-order valence-corrected chi connectivity index (χ1v) is 11.9. The standard InChI is InChI=1S/C23H20ClN3O5S/c1-32-19-9-6-16(14-27-22(28)18-3-2-11-25-21(18)23(27)29)13-20(19)33(30,31)26-12-10-15-4-7-17(24)8-5-15/h2-9,11,13,26H,10,12,14H2,1H3. The molecule has 0 aliphatic carbocycles. The number of aromatic nitrogens is 1. The summed E-state index contributed by atoms with van der Waals surface area (Å²) >= 11 is 5.88. The molecule has 0 atom stereocenters. The Labute approximate surface area is 196 Å². The molecule has 170 valence electrons. The Balaban J connectivity index is 1.52. The fourth-order valence-electron chi connectivity index (χ4n) is 3.53. The molecule has 1 N–H and O–H groups in total. The summed E-state index contributed by atoms with van der Waals surface area (Å²) in [6, 6.07) is 14.8. The Morgan fingerprint density at radius 2 is 1.76 bits per heavy atom. The van der Waals surface area contributed by atoms with Crippen LogP contribution in [0.3, 0.4) is 0 Å². The van der Waals surface area contributed by atoms with Crippen molar-refractivity contribution < 1.29 is 22.7 Å². The third kappa shape index (κ3) is 4.75. The maximum atomic E-state index is 13.0. The predicted octanol–water partition coefficient (Wildman–Crippen LogP) is 3.06. The fourth-order valence-corrected chi connectivity index (χ4v) is 4.90. The zero-order valence-electron chi connectivity index (χ0n) is 17.6. The van der Waals surface area contributed by atoms with Gasteiger partial charge in [0, 0.05) is 17.8 Å². The van der Waals surface area contributed by atoms with E-state index in [1.165, 1.54) is 31.5 Å². The number of hydrogen-bond donors (Lipinski definition) is 1. The highest BCUT2D eigenvalue weighted by atomic mass is 35.5. The van der Waals surface area contributed by atoms with Crippen LogP contribution in [0.2, 0.25) is 5.02 Å². The van der Waals surface area contributed by atoms with Gasteiger partial charge in [-0.1, -0.05) is 29.8 Å². The summed E-state index contributed by atoms with van der Waals surface area (Å²) in [5.74, 6) is -0.830. The van der Waals surface area contributed by atoms with Crippen molar-refractivity contribution in [1.82, 2.24) is 14.6 Å². The van der Waals surface area contributed by atoms with Gasteiger partial charge in [-0.05, 0) is 53.9 Å². The number of hydrogen-bond acceptors (Lipinski definition) is 6. The van der Waals surface area contributed by atoms with Crippen molar-refractivity contribution in [3.05, 3.63) is 88.2 Å². The minimum atomic E-state index is -3.92. The summed E-state index contributed by atoms with van der Waals surface area (Å²) in [6.45, 7) is 0.0761. The van der Waals surface area contributed by atoms with E-state index in [0.717, 1.165) is 10.5 Å². The van der Waals surface area contributed by atoms with Gasteiger partial charge in [-0.25, -0.2) is 13.1 Å². The summed E-state index contributed by atoms with van der Waals surface area (Å²) in [5.41, 5.74) is 1.71. The number of pyridine rings is 1. The van der Waals surface area contributed by atoms with Crippen molar-refractivity contribution in [3.8, 4) is 5.75 Å². The molecule has 1 aliphatic rings. The monoisotopic (exact) mass is 485 g/mol. The number of fused-ring (bicyclic) bond motifs is 1. The highest BCUT2D eigenvalue weighted by molar-refractivity contribution is 7.89. The summed E-state index contributed by atoms with van der Waals surface area (Å²) in [5, 5.41) is 0.606. The number of halogens is 1. The number of sulfonamides is 1.